The van der Waals surface area contributed by atoms with Crippen LogP contribution in [0.3, 0.4) is 0 Å². The van der Waals surface area contributed by atoms with Gasteiger partial charge in [-0.15, -0.1) is 0 Å². The SMILES string of the molecule is Cc1cc(C(=O)COC(=O)c2ccc(O)cc2)c(C)n1CCc1ccc(Cl)cc1. The molecular formula is C23H22ClNO4. The summed E-state index contributed by atoms with van der Waals surface area (Å²) in [6, 6.07) is 15.2. The van der Waals surface area contributed by atoms with E-state index in [0.29, 0.717) is 10.6 Å². The highest BCUT2D eigenvalue weighted by Gasteiger charge is 2.18. The van der Waals surface area contributed by atoms with E-state index in [4.69, 9.17) is 16.3 Å². The van der Waals surface area contributed by atoms with Gasteiger partial charge in [0.2, 0.25) is 5.78 Å². The number of ketones is 1. The fraction of sp³-hybridized carbons (Fsp3) is 0.217. The van der Waals surface area contributed by atoms with Gasteiger partial charge in [-0.2, -0.15) is 0 Å². The number of Topliss-reactive ketones (excluding diaryl/α,β-unsaturated/α-hetero) is 1. The zero-order valence-corrected chi connectivity index (χ0v) is 17.1. The van der Waals surface area contributed by atoms with Crippen LogP contribution < -0.4 is 0 Å². The fourth-order valence-electron chi connectivity index (χ4n) is 3.21. The summed E-state index contributed by atoms with van der Waals surface area (Å²) < 4.78 is 7.22. The predicted octanol–water partition coefficient (Wildman–Crippen LogP) is 4.75. The Balaban J connectivity index is 1.63. The number of benzene rings is 2. The summed E-state index contributed by atoms with van der Waals surface area (Å²) in [6.45, 7) is 4.25. The van der Waals surface area contributed by atoms with Crippen LogP contribution in [0.5, 0.6) is 5.75 Å². The van der Waals surface area contributed by atoms with Gasteiger partial charge in [-0.3, -0.25) is 4.79 Å². The highest BCUT2D eigenvalue weighted by molar-refractivity contribution is 6.30. The second kappa shape index (κ2) is 8.97. The van der Waals surface area contributed by atoms with Crippen LogP contribution in [-0.4, -0.2) is 28.0 Å². The molecule has 0 bridgehead atoms. The van der Waals surface area contributed by atoms with Gasteiger partial charge in [0.15, 0.2) is 6.61 Å². The number of phenols is 1. The molecule has 0 amide bonds. The van der Waals surface area contributed by atoms with Gasteiger partial charge in [0.05, 0.1) is 5.56 Å². The molecule has 0 spiro atoms. The van der Waals surface area contributed by atoms with Crippen molar-refractivity contribution >= 4 is 23.4 Å². The molecule has 0 aliphatic rings. The van der Waals surface area contributed by atoms with Crippen LogP contribution >= 0.6 is 11.6 Å². The molecule has 3 rings (SSSR count). The standard InChI is InChI=1S/C23H22ClNO4/c1-15-13-21(16(2)25(15)12-11-17-3-7-19(24)8-4-17)22(27)14-29-23(28)18-5-9-20(26)10-6-18/h3-10,13,26H,11-12,14H2,1-2H3. The molecule has 0 saturated carbocycles. The Labute approximate surface area is 174 Å². The third-order valence-electron chi connectivity index (χ3n) is 4.85. The molecule has 1 aromatic heterocycles. The van der Waals surface area contributed by atoms with Gasteiger partial charge in [-0.05, 0) is 68.3 Å². The maximum Gasteiger partial charge on any atom is 0.338 e. The lowest BCUT2D eigenvalue weighted by Crippen LogP contribution is -2.15. The molecule has 2 aromatic carbocycles. The molecule has 6 heteroatoms. The quantitative estimate of drug-likeness (QED) is 0.450. The van der Waals surface area contributed by atoms with E-state index in [1.165, 1.54) is 24.3 Å². The molecule has 0 atom stereocenters. The first-order valence-electron chi connectivity index (χ1n) is 9.25. The van der Waals surface area contributed by atoms with E-state index in [9.17, 15) is 14.7 Å². The molecule has 0 unspecified atom stereocenters. The average molecular weight is 412 g/mol. The van der Waals surface area contributed by atoms with Crippen LogP contribution in [0, 0.1) is 13.8 Å². The Morgan fingerprint density at radius 3 is 2.34 bits per heavy atom. The number of carbonyl (C=O) groups is 2. The van der Waals surface area contributed by atoms with Gasteiger partial charge < -0.3 is 14.4 Å². The number of ether oxygens (including phenoxy) is 1. The molecule has 0 fully saturated rings. The lowest BCUT2D eigenvalue weighted by atomic mass is 10.1. The summed E-state index contributed by atoms with van der Waals surface area (Å²) in [5.74, 6) is -0.790. The monoisotopic (exact) mass is 411 g/mol. The number of aromatic hydroxyl groups is 1. The highest BCUT2D eigenvalue weighted by atomic mass is 35.5. The molecule has 29 heavy (non-hydrogen) atoms. The van der Waals surface area contributed by atoms with Crippen LogP contribution in [0.15, 0.2) is 54.6 Å². The normalized spacial score (nSPS) is 10.7. The third kappa shape index (κ3) is 5.06. The number of phenolic OH excluding ortho intramolecular Hbond substituents is 1. The van der Waals surface area contributed by atoms with Crippen molar-refractivity contribution in [1.29, 1.82) is 0 Å². The van der Waals surface area contributed by atoms with Crippen molar-refractivity contribution in [3.05, 3.63) is 87.7 Å². The summed E-state index contributed by atoms with van der Waals surface area (Å²) in [4.78, 5) is 24.6. The van der Waals surface area contributed by atoms with Crippen molar-refractivity contribution in [2.45, 2.75) is 26.8 Å². The number of hydrogen-bond donors (Lipinski definition) is 1. The van der Waals surface area contributed by atoms with Crippen LogP contribution in [-0.2, 0) is 17.7 Å². The van der Waals surface area contributed by atoms with Crippen LogP contribution in [0.4, 0.5) is 0 Å². The number of hydrogen-bond acceptors (Lipinski definition) is 4. The van der Waals surface area contributed by atoms with Gasteiger partial charge in [-0.1, -0.05) is 23.7 Å². The smallest absolute Gasteiger partial charge is 0.338 e. The first-order chi connectivity index (χ1) is 13.8. The Bertz CT molecular complexity index is 1020. The number of halogens is 1. The molecule has 0 aliphatic heterocycles. The molecule has 0 saturated heterocycles. The Morgan fingerprint density at radius 2 is 1.69 bits per heavy atom. The molecule has 1 heterocycles. The Kier molecular flexibility index (Phi) is 6.39. The van der Waals surface area contributed by atoms with E-state index in [2.05, 4.69) is 4.57 Å². The van der Waals surface area contributed by atoms with Crippen molar-refractivity contribution in [3.63, 3.8) is 0 Å². The topological polar surface area (TPSA) is 68.5 Å². The second-order valence-corrected chi connectivity index (χ2v) is 7.30. The van der Waals surface area contributed by atoms with E-state index < -0.39 is 5.97 Å². The van der Waals surface area contributed by atoms with Crippen molar-refractivity contribution in [1.82, 2.24) is 4.57 Å². The minimum absolute atomic E-state index is 0.0590. The minimum atomic E-state index is -0.602. The Hall–Kier alpha value is -3.05. The van der Waals surface area contributed by atoms with E-state index in [0.717, 1.165) is 29.9 Å². The predicted molar refractivity (Wildman–Crippen MR) is 112 cm³/mol. The maximum atomic E-state index is 12.6. The van der Waals surface area contributed by atoms with E-state index in [1.807, 2.05) is 44.2 Å². The molecule has 3 aromatic rings. The molecular weight excluding hydrogens is 390 g/mol. The molecule has 0 radical (unpaired) electrons. The number of aromatic nitrogens is 1. The van der Waals surface area contributed by atoms with Gasteiger partial charge >= 0.3 is 5.97 Å². The van der Waals surface area contributed by atoms with Crippen molar-refractivity contribution < 1.29 is 19.4 Å². The van der Waals surface area contributed by atoms with Crippen molar-refractivity contribution in [2.24, 2.45) is 0 Å². The summed E-state index contributed by atoms with van der Waals surface area (Å²) in [5.41, 5.74) is 3.82. The highest BCUT2D eigenvalue weighted by Crippen LogP contribution is 2.18. The summed E-state index contributed by atoms with van der Waals surface area (Å²) in [6.07, 6.45) is 0.816. The number of aryl methyl sites for hydroxylation is 2. The third-order valence-corrected chi connectivity index (χ3v) is 5.10. The minimum Gasteiger partial charge on any atom is -0.508 e. The van der Waals surface area contributed by atoms with E-state index >= 15 is 0 Å². The van der Waals surface area contributed by atoms with E-state index in [-0.39, 0.29) is 23.7 Å². The van der Waals surface area contributed by atoms with Crippen LogP contribution in [0.1, 0.15) is 37.7 Å². The van der Waals surface area contributed by atoms with Crippen LogP contribution in [0.25, 0.3) is 0 Å². The number of carbonyl (C=O) groups excluding carboxylic acids is 2. The number of esters is 1. The average Bonchev–Trinajstić information content (AvgIpc) is 3.00. The maximum absolute atomic E-state index is 12.6. The van der Waals surface area contributed by atoms with Gasteiger partial charge in [0.1, 0.15) is 5.75 Å². The summed E-state index contributed by atoms with van der Waals surface area (Å²) in [5, 5.41) is 9.98. The Morgan fingerprint density at radius 1 is 1.03 bits per heavy atom. The number of rotatable bonds is 7. The number of nitrogens with zero attached hydrogens (tertiary/aromatic N) is 1. The lowest BCUT2D eigenvalue weighted by Gasteiger charge is -2.10. The van der Waals surface area contributed by atoms with Crippen molar-refractivity contribution in [3.8, 4) is 5.75 Å². The largest absolute Gasteiger partial charge is 0.508 e. The zero-order chi connectivity index (χ0) is 21.0. The van der Waals surface area contributed by atoms with Gasteiger partial charge in [-0.25, -0.2) is 4.79 Å². The van der Waals surface area contributed by atoms with Gasteiger partial charge in [0, 0.05) is 28.5 Å². The summed E-state index contributed by atoms with van der Waals surface area (Å²) in [7, 11) is 0. The first kappa shape index (κ1) is 20.7. The molecule has 1 N–H and O–H groups in total. The lowest BCUT2D eigenvalue weighted by molar-refractivity contribution is 0.0474. The first-order valence-corrected chi connectivity index (χ1v) is 9.63. The summed E-state index contributed by atoms with van der Waals surface area (Å²) >= 11 is 5.93. The van der Waals surface area contributed by atoms with Gasteiger partial charge in [0.25, 0.3) is 0 Å². The molecule has 0 aliphatic carbocycles. The second-order valence-electron chi connectivity index (χ2n) is 6.86. The zero-order valence-electron chi connectivity index (χ0n) is 16.3. The molecule has 150 valence electrons. The van der Waals surface area contributed by atoms with Crippen LogP contribution in [0.2, 0.25) is 5.02 Å². The fourth-order valence-corrected chi connectivity index (χ4v) is 3.34. The van der Waals surface area contributed by atoms with E-state index in [1.54, 1.807) is 0 Å². The molecule has 5 nitrogen and oxygen atoms in total. The van der Waals surface area contributed by atoms with Crippen molar-refractivity contribution in [2.75, 3.05) is 6.61 Å².